The maximum Gasteiger partial charge on any atom is 0.336 e. The Balaban J connectivity index is 2.69. The van der Waals surface area contributed by atoms with Crippen molar-refractivity contribution in [2.24, 2.45) is 0 Å². The van der Waals surface area contributed by atoms with Gasteiger partial charge >= 0.3 is 5.97 Å². The molecule has 2 aromatic carbocycles. The molecule has 19 heavy (non-hydrogen) atoms. The number of halogens is 2. The number of aromatic carboxylic acids is 1. The maximum absolute atomic E-state index is 13.9. The van der Waals surface area contributed by atoms with E-state index in [9.17, 15) is 13.6 Å². The second-order valence-corrected chi connectivity index (χ2v) is 3.82. The zero-order valence-electron chi connectivity index (χ0n) is 9.98. The van der Waals surface area contributed by atoms with Crippen LogP contribution in [0.4, 0.5) is 8.78 Å². The van der Waals surface area contributed by atoms with Crippen molar-refractivity contribution in [3.05, 3.63) is 53.6 Å². The summed E-state index contributed by atoms with van der Waals surface area (Å²) in [5, 5.41) is 9.04. The van der Waals surface area contributed by atoms with Gasteiger partial charge in [0.05, 0.1) is 18.2 Å². The molecule has 2 rings (SSSR count). The van der Waals surface area contributed by atoms with Crippen LogP contribution in [-0.2, 0) is 0 Å². The van der Waals surface area contributed by atoms with Crippen molar-refractivity contribution in [1.82, 2.24) is 0 Å². The molecule has 0 aliphatic heterocycles. The average Bonchev–Trinajstić information content (AvgIpc) is 2.38. The molecule has 0 aliphatic rings. The standard InChI is InChI=1S/C14H10F2O3/c1-19-8-6-11(15)13(12(16)7-8)9-4-2-3-5-10(9)14(17)18/h2-7H,1H3,(H,17,18). The molecule has 0 aromatic heterocycles. The summed E-state index contributed by atoms with van der Waals surface area (Å²) in [6, 6.07) is 7.68. The lowest BCUT2D eigenvalue weighted by atomic mass is 9.98. The van der Waals surface area contributed by atoms with Gasteiger partial charge in [0.25, 0.3) is 0 Å². The van der Waals surface area contributed by atoms with Crippen LogP contribution in [0.1, 0.15) is 10.4 Å². The molecule has 0 unspecified atom stereocenters. The molecule has 0 amide bonds. The van der Waals surface area contributed by atoms with Crippen LogP contribution in [-0.4, -0.2) is 18.2 Å². The zero-order chi connectivity index (χ0) is 14.0. The summed E-state index contributed by atoms with van der Waals surface area (Å²) in [5.74, 6) is -2.95. The second kappa shape index (κ2) is 5.06. The molecule has 2 aromatic rings. The number of ether oxygens (including phenoxy) is 1. The lowest BCUT2D eigenvalue weighted by Crippen LogP contribution is -2.02. The Labute approximate surface area is 108 Å². The van der Waals surface area contributed by atoms with Crippen molar-refractivity contribution in [3.63, 3.8) is 0 Å². The van der Waals surface area contributed by atoms with Crippen LogP contribution in [0, 0.1) is 11.6 Å². The van der Waals surface area contributed by atoms with E-state index in [4.69, 9.17) is 9.84 Å². The van der Waals surface area contributed by atoms with E-state index in [1.807, 2.05) is 0 Å². The van der Waals surface area contributed by atoms with Gasteiger partial charge in [-0.25, -0.2) is 13.6 Å². The molecule has 0 saturated carbocycles. The molecule has 0 aliphatic carbocycles. The summed E-state index contributed by atoms with van der Waals surface area (Å²) < 4.78 is 32.6. The minimum absolute atomic E-state index is 0.00680. The summed E-state index contributed by atoms with van der Waals surface area (Å²) in [6.07, 6.45) is 0. The Kier molecular flexibility index (Phi) is 3.46. The first kappa shape index (κ1) is 13.0. The van der Waals surface area contributed by atoms with Crippen molar-refractivity contribution in [1.29, 1.82) is 0 Å². The highest BCUT2D eigenvalue weighted by Gasteiger charge is 2.19. The van der Waals surface area contributed by atoms with Gasteiger partial charge in [0.15, 0.2) is 0 Å². The predicted molar refractivity (Wildman–Crippen MR) is 65.3 cm³/mol. The fourth-order valence-corrected chi connectivity index (χ4v) is 1.81. The van der Waals surface area contributed by atoms with Gasteiger partial charge in [0.1, 0.15) is 17.4 Å². The van der Waals surface area contributed by atoms with E-state index in [0.717, 1.165) is 12.1 Å². The molecule has 0 heterocycles. The largest absolute Gasteiger partial charge is 0.497 e. The molecule has 0 spiro atoms. The van der Waals surface area contributed by atoms with Crippen molar-refractivity contribution in [3.8, 4) is 16.9 Å². The number of hydrogen-bond donors (Lipinski definition) is 1. The van der Waals surface area contributed by atoms with Gasteiger partial charge in [0, 0.05) is 17.7 Å². The van der Waals surface area contributed by atoms with Crippen LogP contribution in [0.2, 0.25) is 0 Å². The SMILES string of the molecule is COc1cc(F)c(-c2ccccc2C(=O)O)c(F)c1. The topological polar surface area (TPSA) is 46.5 Å². The van der Waals surface area contributed by atoms with Crippen LogP contribution < -0.4 is 4.74 Å². The summed E-state index contributed by atoms with van der Waals surface area (Å²) in [7, 11) is 1.29. The molecule has 0 fully saturated rings. The highest BCUT2D eigenvalue weighted by molar-refractivity contribution is 5.96. The van der Waals surface area contributed by atoms with Gasteiger partial charge in [-0.15, -0.1) is 0 Å². The average molecular weight is 264 g/mol. The second-order valence-electron chi connectivity index (χ2n) is 3.82. The van der Waals surface area contributed by atoms with Crippen molar-refractivity contribution >= 4 is 5.97 Å². The Hall–Kier alpha value is -2.43. The third-order valence-corrected chi connectivity index (χ3v) is 2.68. The molecule has 5 heteroatoms. The molecule has 0 atom stereocenters. The summed E-state index contributed by atoms with van der Waals surface area (Å²) in [6.45, 7) is 0. The molecular formula is C14H10F2O3. The van der Waals surface area contributed by atoms with Gasteiger partial charge in [0.2, 0.25) is 0 Å². The van der Waals surface area contributed by atoms with E-state index in [1.165, 1.54) is 31.4 Å². The number of methoxy groups -OCH3 is 1. The first-order valence-corrected chi connectivity index (χ1v) is 5.40. The van der Waals surface area contributed by atoms with Gasteiger partial charge in [-0.2, -0.15) is 0 Å². The Morgan fingerprint density at radius 2 is 1.74 bits per heavy atom. The van der Waals surface area contributed by atoms with Gasteiger partial charge in [-0.1, -0.05) is 18.2 Å². The minimum atomic E-state index is -1.25. The monoisotopic (exact) mass is 264 g/mol. The van der Waals surface area contributed by atoms with E-state index in [-0.39, 0.29) is 22.4 Å². The highest BCUT2D eigenvalue weighted by atomic mass is 19.1. The molecular weight excluding hydrogens is 254 g/mol. The fourth-order valence-electron chi connectivity index (χ4n) is 1.81. The quantitative estimate of drug-likeness (QED) is 0.924. The van der Waals surface area contributed by atoms with Crippen LogP contribution in [0.15, 0.2) is 36.4 Å². The summed E-state index contributed by atoms with van der Waals surface area (Å²) in [4.78, 5) is 11.1. The molecule has 1 N–H and O–H groups in total. The molecule has 98 valence electrons. The third kappa shape index (κ3) is 2.40. The van der Waals surface area contributed by atoms with Crippen molar-refractivity contribution < 1.29 is 23.4 Å². The van der Waals surface area contributed by atoms with E-state index in [1.54, 1.807) is 0 Å². The number of carbonyl (C=O) groups is 1. The van der Waals surface area contributed by atoms with E-state index in [0.29, 0.717) is 0 Å². The lowest BCUT2D eigenvalue weighted by molar-refractivity contribution is 0.0697. The molecule has 0 radical (unpaired) electrons. The van der Waals surface area contributed by atoms with Crippen LogP contribution in [0.3, 0.4) is 0 Å². The zero-order valence-corrected chi connectivity index (χ0v) is 9.98. The number of carboxylic acids is 1. The number of hydrogen-bond acceptors (Lipinski definition) is 2. The summed E-state index contributed by atoms with van der Waals surface area (Å²) >= 11 is 0. The first-order chi connectivity index (χ1) is 9.04. The van der Waals surface area contributed by atoms with Crippen molar-refractivity contribution in [2.45, 2.75) is 0 Å². The maximum atomic E-state index is 13.9. The Bertz CT molecular complexity index is 615. The molecule has 0 bridgehead atoms. The highest BCUT2D eigenvalue weighted by Crippen LogP contribution is 2.31. The van der Waals surface area contributed by atoms with Gasteiger partial charge in [-0.3, -0.25) is 0 Å². The number of carboxylic acid groups (broad SMARTS) is 1. The van der Waals surface area contributed by atoms with Gasteiger partial charge in [-0.05, 0) is 6.07 Å². The Morgan fingerprint density at radius 3 is 2.26 bits per heavy atom. The lowest BCUT2D eigenvalue weighted by Gasteiger charge is -2.10. The third-order valence-electron chi connectivity index (χ3n) is 2.68. The van der Waals surface area contributed by atoms with E-state index >= 15 is 0 Å². The molecule has 3 nitrogen and oxygen atoms in total. The van der Waals surface area contributed by atoms with E-state index < -0.39 is 17.6 Å². The summed E-state index contributed by atoms with van der Waals surface area (Å²) in [5.41, 5.74) is -0.545. The van der Waals surface area contributed by atoms with E-state index in [2.05, 4.69) is 0 Å². The van der Waals surface area contributed by atoms with Crippen LogP contribution in [0.5, 0.6) is 5.75 Å². The van der Waals surface area contributed by atoms with Crippen LogP contribution in [0.25, 0.3) is 11.1 Å². The first-order valence-electron chi connectivity index (χ1n) is 5.40. The minimum Gasteiger partial charge on any atom is -0.497 e. The Morgan fingerprint density at radius 1 is 1.16 bits per heavy atom. The molecule has 0 saturated heterocycles. The van der Waals surface area contributed by atoms with Crippen molar-refractivity contribution in [2.75, 3.05) is 7.11 Å². The van der Waals surface area contributed by atoms with Gasteiger partial charge < -0.3 is 9.84 Å². The smallest absolute Gasteiger partial charge is 0.336 e. The normalized spacial score (nSPS) is 10.3. The predicted octanol–water partition coefficient (Wildman–Crippen LogP) is 3.34. The fraction of sp³-hybridized carbons (Fsp3) is 0.0714. The number of benzene rings is 2. The number of rotatable bonds is 3. The van der Waals surface area contributed by atoms with Crippen LogP contribution >= 0.6 is 0 Å².